The van der Waals surface area contributed by atoms with E-state index in [2.05, 4.69) is 22.4 Å². The van der Waals surface area contributed by atoms with Gasteiger partial charge in [-0.15, -0.1) is 21.5 Å². The summed E-state index contributed by atoms with van der Waals surface area (Å²) in [6.07, 6.45) is 6.41. The van der Waals surface area contributed by atoms with Gasteiger partial charge in [0.2, 0.25) is 0 Å². The fourth-order valence-electron chi connectivity index (χ4n) is 2.08. The van der Waals surface area contributed by atoms with E-state index in [-0.39, 0.29) is 0 Å². The highest BCUT2D eigenvalue weighted by Gasteiger charge is 2.20. The summed E-state index contributed by atoms with van der Waals surface area (Å²) in [7, 11) is 0. The van der Waals surface area contributed by atoms with Gasteiger partial charge >= 0.3 is 0 Å². The van der Waals surface area contributed by atoms with Crippen LogP contribution in [0.3, 0.4) is 0 Å². The topological polar surface area (TPSA) is 37.8 Å². The molecule has 0 atom stereocenters. The molecule has 1 heterocycles. The first-order valence-electron chi connectivity index (χ1n) is 5.93. The summed E-state index contributed by atoms with van der Waals surface area (Å²) >= 11 is 1.82. The lowest BCUT2D eigenvalue weighted by Crippen LogP contribution is -2.15. The second kappa shape index (κ2) is 5.56. The van der Waals surface area contributed by atoms with Gasteiger partial charge in [-0.05, 0) is 19.4 Å². The first kappa shape index (κ1) is 11.0. The molecule has 0 bridgehead atoms. The quantitative estimate of drug-likeness (QED) is 0.782. The van der Waals surface area contributed by atoms with Gasteiger partial charge < -0.3 is 5.32 Å². The average molecular weight is 225 g/mol. The Bertz CT molecular complexity index is 292. The number of nitrogens with zero attached hydrogens (tertiary/aromatic N) is 2. The predicted molar refractivity (Wildman–Crippen MR) is 63.4 cm³/mol. The molecule has 84 valence electrons. The number of hydrogen-bond donors (Lipinski definition) is 1. The van der Waals surface area contributed by atoms with Gasteiger partial charge in [-0.3, -0.25) is 0 Å². The second-order valence-corrected chi connectivity index (χ2v) is 5.21. The minimum absolute atomic E-state index is 0.718. The van der Waals surface area contributed by atoms with E-state index in [4.69, 9.17) is 0 Å². The van der Waals surface area contributed by atoms with Crippen LogP contribution in [0.15, 0.2) is 0 Å². The minimum atomic E-state index is 0.718. The van der Waals surface area contributed by atoms with E-state index in [1.54, 1.807) is 0 Å². The van der Waals surface area contributed by atoms with E-state index in [0.29, 0.717) is 0 Å². The molecule has 3 nitrogen and oxygen atoms in total. The largest absolute Gasteiger partial charge is 0.317 e. The highest BCUT2D eigenvalue weighted by atomic mass is 32.1. The van der Waals surface area contributed by atoms with Crippen LogP contribution in [0.1, 0.15) is 48.5 Å². The molecular weight excluding hydrogens is 206 g/mol. The molecule has 1 fully saturated rings. The van der Waals surface area contributed by atoms with Crippen molar-refractivity contribution < 1.29 is 0 Å². The number of nitrogens with one attached hydrogen (secondary N) is 1. The van der Waals surface area contributed by atoms with E-state index in [0.717, 1.165) is 25.4 Å². The summed E-state index contributed by atoms with van der Waals surface area (Å²) < 4.78 is 0. The molecule has 0 aromatic carbocycles. The molecule has 15 heavy (non-hydrogen) atoms. The molecule has 1 aromatic rings. The van der Waals surface area contributed by atoms with Crippen LogP contribution >= 0.6 is 11.3 Å². The second-order valence-electron chi connectivity index (χ2n) is 4.12. The van der Waals surface area contributed by atoms with Crippen molar-refractivity contribution in [3.8, 4) is 0 Å². The molecule has 1 N–H and O–H groups in total. The summed E-state index contributed by atoms with van der Waals surface area (Å²) in [5, 5.41) is 14.4. The third-order valence-corrected chi connectivity index (χ3v) is 4.10. The van der Waals surface area contributed by atoms with E-state index in [1.165, 1.54) is 35.7 Å². The van der Waals surface area contributed by atoms with Crippen molar-refractivity contribution in [1.29, 1.82) is 0 Å². The first-order chi connectivity index (χ1) is 7.40. The van der Waals surface area contributed by atoms with Gasteiger partial charge in [-0.1, -0.05) is 19.8 Å². The third-order valence-electron chi connectivity index (χ3n) is 2.95. The molecule has 0 unspecified atom stereocenters. The number of rotatable bonds is 5. The zero-order valence-electron chi connectivity index (χ0n) is 9.33. The van der Waals surface area contributed by atoms with Crippen molar-refractivity contribution in [1.82, 2.24) is 15.5 Å². The maximum atomic E-state index is 4.32. The maximum absolute atomic E-state index is 4.32. The van der Waals surface area contributed by atoms with Crippen molar-refractivity contribution in [2.75, 3.05) is 13.1 Å². The highest BCUT2D eigenvalue weighted by Crippen LogP contribution is 2.35. The van der Waals surface area contributed by atoms with Crippen LogP contribution in [0.2, 0.25) is 0 Å². The predicted octanol–water partition coefficient (Wildman–Crippen LogP) is 2.35. The van der Waals surface area contributed by atoms with Crippen molar-refractivity contribution in [2.45, 2.75) is 44.9 Å². The minimum Gasteiger partial charge on any atom is -0.317 e. The molecule has 0 spiro atoms. The molecule has 1 saturated carbocycles. The molecule has 0 aliphatic heterocycles. The van der Waals surface area contributed by atoms with Gasteiger partial charge in [-0.2, -0.15) is 0 Å². The van der Waals surface area contributed by atoms with Gasteiger partial charge in [0.05, 0.1) is 0 Å². The maximum Gasteiger partial charge on any atom is 0.120 e. The van der Waals surface area contributed by atoms with Crippen LogP contribution in [0, 0.1) is 0 Å². The molecule has 1 aromatic heterocycles. The Morgan fingerprint density at radius 2 is 2.13 bits per heavy atom. The Hall–Kier alpha value is -0.480. The summed E-state index contributed by atoms with van der Waals surface area (Å²) in [5.74, 6) is 0.718. The molecule has 4 heteroatoms. The van der Waals surface area contributed by atoms with Gasteiger partial charge in [0.1, 0.15) is 10.0 Å². The van der Waals surface area contributed by atoms with Gasteiger partial charge in [0, 0.05) is 18.9 Å². The molecule has 1 aliphatic carbocycles. The number of aromatic nitrogens is 2. The van der Waals surface area contributed by atoms with Crippen LogP contribution in [-0.2, 0) is 6.42 Å². The average Bonchev–Trinajstić information content (AvgIpc) is 2.87. The van der Waals surface area contributed by atoms with E-state index in [9.17, 15) is 0 Å². The van der Waals surface area contributed by atoms with E-state index >= 15 is 0 Å². The summed E-state index contributed by atoms with van der Waals surface area (Å²) in [6, 6.07) is 0. The van der Waals surface area contributed by atoms with Gasteiger partial charge in [0.25, 0.3) is 0 Å². The van der Waals surface area contributed by atoms with Crippen LogP contribution < -0.4 is 5.32 Å². The van der Waals surface area contributed by atoms with Crippen LogP contribution in [-0.4, -0.2) is 23.3 Å². The highest BCUT2D eigenvalue weighted by molar-refractivity contribution is 7.11. The van der Waals surface area contributed by atoms with Crippen LogP contribution in [0.25, 0.3) is 0 Å². The standard InChI is InChI=1S/C11H19N3S/c1-2-12-8-7-10-13-14-11(15-10)9-5-3-4-6-9/h9,12H,2-8H2,1H3. The van der Waals surface area contributed by atoms with Crippen molar-refractivity contribution in [2.24, 2.45) is 0 Å². The van der Waals surface area contributed by atoms with Crippen molar-refractivity contribution in [3.05, 3.63) is 10.0 Å². The Labute approximate surface area is 95.3 Å². The zero-order chi connectivity index (χ0) is 10.5. The fourth-order valence-corrected chi connectivity index (χ4v) is 3.09. The SMILES string of the molecule is CCNCCc1nnc(C2CCCC2)s1. The summed E-state index contributed by atoms with van der Waals surface area (Å²) in [6.45, 7) is 4.19. The van der Waals surface area contributed by atoms with E-state index < -0.39 is 0 Å². The third kappa shape index (κ3) is 2.98. The Morgan fingerprint density at radius 3 is 2.87 bits per heavy atom. The van der Waals surface area contributed by atoms with Crippen molar-refractivity contribution >= 4 is 11.3 Å². The monoisotopic (exact) mass is 225 g/mol. The van der Waals surface area contributed by atoms with Crippen molar-refractivity contribution in [3.63, 3.8) is 0 Å². The van der Waals surface area contributed by atoms with Crippen LogP contribution in [0.5, 0.6) is 0 Å². The Kier molecular flexibility index (Phi) is 4.09. The van der Waals surface area contributed by atoms with Gasteiger partial charge in [0.15, 0.2) is 0 Å². The number of hydrogen-bond acceptors (Lipinski definition) is 4. The smallest absolute Gasteiger partial charge is 0.120 e. The lowest BCUT2D eigenvalue weighted by Gasteiger charge is -2.01. The normalized spacial score (nSPS) is 17.4. The molecule has 0 saturated heterocycles. The molecular formula is C11H19N3S. The first-order valence-corrected chi connectivity index (χ1v) is 6.74. The fraction of sp³-hybridized carbons (Fsp3) is 0.818. The Morgan fingerprint density at radius 1 is 1.33 bits per heavy atom. The molecule has 0 amide bonds. The van der Waals surface area contributed by atoms with Gasteiger partial charge in [-0.25, -0.2) is 0 Å². The van der Waals surface area contributed by atoms with E-state index in [1.807, 2.05) is 11.3 Å². The van der Waals surface area contributed by atoms with Crippen LogP contribution in [0.4, 0.5) is 0 Å². The summed E-state index contributed by atoms with van der Waals surface area (Å²) in [5.41, 5.74) is 0. The zero-order valence-corrected chi connectivity index (χ0v) is 10.1. The number of likely N-dealkylation sites (N-methyl/N-ethyl adjacent to an activating group) is 1. The lowest BCUT2D eigenvalue weighted by molar-refractivity contribution is 0.694. The lowest BCUT2D eigenvalue weighted by atomic mass is 10.1. The molecule has 0 radical (unpaired) electrons. The Balaban J connectivity index is 1.86. The molecule has 2 rings (SSSR count). The summed E-state index contributed by atoms with van der Waals surface area (Å²) in [4.78, 5) is 0. The molecule has 1 aliphatic rings.